The fourth-order valence-corrected chi connectivity index (χ4v) is 3.08. The fourth-order valence-electron chi connectivity index (χ4n) is 3.08. The van der Waals surface area contributed by atoms with Gasteiger partial charge in [-0.3, -0.25) is 0 Å². The molecule has 0 aliphatic carbocycles. The van der Waals surface area contributed by atoms with Crippen LogP contribution in [0.1, 0.15) is 25.0 Å². The summed E-state index contributed by atoms with van der Waals surface area (Å²) in [5.41, 5.74) is 3.00. The topological polar surface area (TPSA) is 18.5 Å². The molecule has 0 amide bonds. The number of likely N-dealkylation sites (N-methyl/N-ethyl adjacent to an activating group) is 1. The lowest BCUT2D eigenvalue weighted by Crippen LogP contribution is -2.47. The van der Waals surface area contributed by atoms with Crippen LogP contribution in [0, 0.1) is 5.92 Å². The standard InChI is InChI=1S/C18H31N3/c1-15(2)13-21(10-9-20(3)4)14-18-11-16-7-5-6-8-17(16)12-19-18/h5-8,15,18-19H,9-14H2,1-4H3. The van der Waals surface area contributed by atoms with Crippen LogP contribution in [-0.2, 0) is 13.0 Å². The highest BCUT2D eigenvalue weighted by Gasteiger charge is 2.20. The van der Waals surface area contributed by atoms with Crippen LogP contribution in [-0.4, -0.2) is 56.1 Å². The van der Waals surface area contributed by atoms with Crippen LogP contribution in [0.2, 0.25) is 0 Å². The summed E-state index contributed by atoms with van der Waals surface area (Å²) in [6, 6.07) is 9.43. The van der Waals surface area contributed by atoms with E-state index in [0.29, 0.717) is 6.04 Å². The van der Waals surface area contributed by atoms with Crippen molar-refractivity contribution >= 4 is 0 Å². The van der Waals surface area contributed by atoms with Gasteiger partial charge in [-0.15, -0.1) is 0 Å². The molecule has 1 heterocycles. The third-order valence-corrected chi connectivity index (χ3v) is 4.13. The van der Waals surface area contributed by atoms with E-state index in [1.165, 1.54) is 17.7 Å². The maximum Gasteiger partial charge on any atom is 0.0238 e. The number of fused-ring (bicyclic) bond motifs is 1. The molecule has 0 aromatic heterocycles. The first-order chi connectivity index (χ1) is 10.0. The van der Waals surface area contributed by atoms with Gasteiger partial charge in [-0.25, -0.2) is 0 Å². The van der Waals surface area contributed by atoms with Crippen molar-refractivity contribution in [3.63, 3.8) is 0 Å². The highest BCUT2D eigenvalue weighted by molar-refractivity contribution is 5.29. The van der Waals surface area contributed by atoms with Gasteiger partial charge < -0.3 is 15.1 Å². The van der Waals surface area contributed by atoms with Gasteiger partial charge in [0.25, 0.3) is 0 Å². The Balaban J connectivity index is 1.91. The Labute approximate surface area is 130 Å². The van der Waals surface area contributed by atoms with Crippen LogP contribution in [0.15, 0.2) is 24.3 Å². The Morgan fingerprint density at radius 2 is 1.86 bits per heavy atom. The predicted molar refractivity (Wildman–Crippen MR) is 90.6 cm³/mol. The van der Waals surface area contributed by atoms with Crippen LogP contribution in [0.3, 0.4) is 0 Å². The van der Waals surface area contributed by atoms with Crippen LogP contribution >= 0.6 is 0 Å². The third-order valence-electron chi connectivity index (χ3n) is 4.13. The molecule has 0 saturated heterocycles. The van der Waals surface area contributed by atoms with E-state index in [4.69, 9.17) is 0 Å². The van der Waals surface area contributed by atoms with Crippen molar-refractivity contribution in [1.82, 2.24) is 15.1 Å². The lowest BCUT2D eigenvalue weighted by molar-refractivity contribution is 0.195. The Morgan fingerprint density at radius 3 is 2.52 bits per heavy atom. The third kappa shape index (κ3) is 5.42. The molecule has 0 radical (unpaired) electrons. The maximum absolute atomic E-state index is 3.71. The fraction of sp³-hybridized carbons (Fsp3) is 0.667. The molecule has 0 spiro atoms. The Bertz CT molecular complexity index is 428. The molecule has 1 N–H and O–H groups in total. The van der Waals surface area contributed by atoms with Gasteiger partial charge >= 0.3 is 0 Å². The number of hydrogen-bond donors (Lipinski definition) is 1. The molecule has 118 valence electrons. The second-order valence-corrected chi connectivity index (χ2v) is 7.01. The van der Waals surface area contributed by atoms with Gasteiger partial charge in [-0.05, 0) is 37.6 Å². The molecular weight excluding hydrogens is 258 g/mol. The summed E-state index contributed by atoms with van der Waals surface area (Å²) < 4.78 is 0. The normalized spacial score (nSPS) is 18.5. The second-order valence-electron chi connectivity index (χ2n) is 7.01. The van der Waals surface area contributed by atoms with Gasteiger partial charge in [0.1, 0.15) is 0 Å². The van der Waals surface area contributed by atoms with Gasteiger partial charge in [0.2, 0.25) is 0 Å². The number of hydrogen-bond acceptors (Lipinski definition) is 3. The van der Waals surface area contributed by atoms with Gasteiger partial charge in [-0.1, -0.05) is 38.1 Å². The van der Waals surface area contributed by atoms with E-state index in [1.807, 2.05) is 0 Å². The molecule has 0 bridgehead atoms. The molecule has 1 aromatic rings. The highest BCUT2D eigenvalue weighted by Crippen LogP contribution is 2.17. The largest absolute Gasteiger partial charge is 0.308 e. The Hall–Kier alpha value is -0.900. The summed E-state index contributed by atoms with van der Waals surface area (Å²) in [6.07, 6.45) is 1.16. The zero-order valence-electron chi connectivity index (χ0n) is 14.1. The zero-order valence-corrected chi connectivity index (χ0v) is 14.1. The molecule has 1 atom stereocenters. The quantitative estimate of drug-likeness (QED) is 0.830. The van der Waals surface area contributed by atoms with E-state index in [1.54, 1.807) is 0 Å². The Morgan fingerprint density at radius 1 is 1.14 bits per heavy atom. The number of rotatable bonds is 7. The van der Waals surface area contributed by atoms with Crippen molar-refractivity contribution in [2.45, 2.75) is 32.9 Å². The van der Waals surface area contributed by atoms with Crippen molar-refractivity contribution in [2.24, 2.45) is 5.92 Å². The van der Waals surface area contributed by atoms with E-state index in [9.17, 15) is 0 Å². The molecule has 0 saturated carbocycles. The van der Waals surface area contributed by atoms with E-state index in [0.717, 1.165) is 38.5 Å². The van der Waals surface area contributed by atoms with Crippen LogP contribution in [0.5, 0.6) is 0 Å². The lowest BCUT2D eigenvalue weighted by atomic mass is 9.95. The summed E-state index contributed by atoms with van der Waals surface area (Å²) >= 11 is 0. The van der Waals surface area contributed by atoms with E-state index >= 15 is 0 Å². The van der Waals surface area contributed by atoms with E-state index < -0.39 is 0 Å². The molecule has 2 rings (SSSR count). The molecule has 1 aliphatic heterocycles. The number of nitrogens with one attached hydrogen (secondary N) is 1. The van der Waals surface area contributed by atoms with Gasteiger partial charge in [0, 0.05) is 38.8 Å². The minimum absolute atomic E-state index is 0.584. The zero-order chi connectivity index (χ0) is 15.2. The van der Waals surface area contributed by atoms with Crippen LogP contribution < -0.4 is 5.32 Å². The molecule has 0 fully saturated rings. The first-order valence-corrected chi connectivity index (χ1v) is 8.22. The molecule has 1 unspecified atom stereocenters. The first-order valence-electron chi connectivity index (χ1n) is 8.22. The van der Waals surface area contributed by atoms with Crippen molar-refractivity contribution < 1.29 is 0 Å². The molecule has 21 heavy (non-hydrogen) atoms. The molecule has 3 heteroatoms. The summed E-state index contributed by atoms with van der Waals surface area (Å²) in [5.74, 6) is 0.725. The molecule has 1 aliphatic rings. The summed E-state index contributed by atoms with van der Waals surface area (Å²) in [7, 11) is 4.31. The van der Waals surface area contributed by atoms with Gasteiger partial charge in [0.05, 0.1) is 0 Å². The molecular formula is C18H31N3. The SMILES string of the molecule is CC(C)CN(CCN(C)C)CC1Cc2ccccc2CN1. The predicted octanol–water partition coefficient (Wildman–Crippen LogP) is 2.22. The lowest BCUT2D eigenvalue weighted by Gasteiger charge is -2.33. The highest BCUT2D eigenvalue weighted by atomic mass is 15.2. The number of benzene rings is 1. The van der Waals surface area contributed by atoms with Crippen molar-refractivity contribution in [3.8, 4) is 0 Å². The monoisotopic (exact) mass is 289 g/mol. The van der Waals surface area contributed by atoms with Crippen molar-refractivity contribution in [2.75, 3.05) is 40.3 Å². The first kappa shape index (κ1) is 16.5. The summed E-state index contributed by atoms with van der Waals surface area (Å²) in [6.45, 7) is 10.3. The van der Waals surface area contributed by atoms with Gasteiger partial charge in [0.15, 0.2) is 0 Å². The van der Waals surface area contributed by atoms with Crippen molar-refractivity contribution in [3.05, 3.63) is 35.4 Å². The summed E-state index contributed by atoms with van der Waals surface area (Å²) in [5, 5.41) is 3.71. The molecule has 3 nitrogen and oxygen atoms in total. The second kappa shape index (κ2) is 7.92. The smallest absolute Gasteiger partial charge is 0.0238 e. The van der Waals surface area contributed by atoms with E-state index in [2.05, 4.69) is 67.3 Å². The minimum atomic E-state index is 0.584. The average Bonchev–Trinajstić information content (AvgIpc) is 2.44. The van der Waals surface area contributed by atoms with E-state index in [-0.39, 0.29) is 0 Å². The van der Waals surface area contributed by atoms with Crippen molar-refractivity contribution in [1.29, 1.82) is 0 Å². The minimum Gasteiger partial charge on any atom is -0.308 e. The van der Waals surface area contributed by atoms with Gasteiger partial charge in [-0.2, -0.15) is 0 Å². The average molecular weight is 289 g/mol. The Kier molecular flexibility index (Phi) is 6.22. The maximum atomic E-state index is 3.71. The summed E-state index contributed by atoms with van der Waals surface area (Å²) in [4.78, 5) is 4.90. The number of nitrogens with zero attached hydrogens (tertiary/aromatic N) is 2. The van der Waals surface area contributed by atoms with Crippen LogP contribution in [0.25, 0.3) is 0 Å². The van der Waals surface area contributed by atoms with Crippen LogP contribution in [0.4, 0.5) is 0 Å². The molecule has 1 aromatic carbocycles.